The van der Waals surface area contributed by atoms with Gasteiger partial charge in [0.25, 0.3) is 0 Å². The number of piperidine rings is 1. The summed E-state index contributed by atoms with van der Waals surface area (Å²) >= 11 is 0. The van der Waals surface area contributed by atoms with Crippen LogP contribution in [-0.2, 0) is 4.79 Å². The summed E-state index contributed by atoms with van der Waals surface area (Å²) in [6.07, 6.45) is 2.39. The third-order valence-corrected chi connectivity index (χ3v) is 3.95. The van der Waals surface area contributed by atoms with Crippen molar-refractivity contribution in [2.24, 2.45) is 17.3 Å². The lowest BCUT2D eigenvalue weighted by atomic mass is 9.70. The van der Waals surface area contributed by atoms with E-state index in [-0.39, 0.29) is 24.2 Å². The average Bonchev–Trinajstić information content (AvgIpc) is 2.14. The summed E-state index contributed by atoms with van der Waals surface area (Å²) in [6, 6.07) is 0.436. The number of fused-ring (bicyclic) bond motifs is 2. The van der Waals surface area contributed by atoms with E-state index < -0.39 is 0 Å². The predicted molar refractivity (Wildman–Crippen MR) is 54.8 cm³/mol. The molecule has 0 aromatic carbocycles. The zero-order valence-electron chi connectivity index (χ0n) is 8.46. The van der Waals surface area contributed by atoms with Gasteiger partial charge in [-0.25, -0.2) is 0 Å². The molecule has 1 saturated carbocycles. The number of amides is 1. The third-order valence-electron chi connectivity index (χ3n) is 3.95. The Hall–Kier alpha value is -0.240. The smallest absolute Gasteiger partial charge is 0.223 e. The van der Waals surface area contributed by atoms with E-state index in [0.717, 1.165) is 0 Å². The van der Waals surface area contributed by atoms with Crippen LogP contribution in [0.1, 0.15) is 33.6 Å². The van der Waals surface area contributed by atoms with E-state index in [4.69, 9.17) is 0 Å². The summed E-state index contributed by atoms with van der Waals surface area (Å²) in [5.74, 6) is 1.09. The number of carbonyl (C=O) groups is 1. The minimum absolute atomic E-state index is 0. The first-order valence-corrected chi connectivity index (χ1v) is 4.84. The van der Waals surface area contributed by atoms with Crippen LogP contribution in [0.25, 0.3) is 0 Å². The molecule has 2 aliphatic rings. The van der Waals surface area contributed by atoms with Crippen molar-refractivity contribution in [1.29, 1.82) is 0 Å². The molecule has 1 saturated heterocycles. The average molecular weight is 204 g/mol. The van der Waals surface area contributed by atoms with Crippen LogP contribution in [0.3, 0.4) is 0 Å². The van der Waals surface area contributed by atoms with Crippen LogP contribution in [0.4, 0.5) is 0 Å². The minimum Gasteiger partial charge on any atom is -0.353 e. The van der Waals surface area contributed by atoms with Gasteiger partial charge in [0.05, 0.1) is 0 Å². The van der Waals surface area contributed by atoms with Gasteiger partial charge >= 0.3 is 0 Å². The maximum Gasteiger partial charge on any atom is 0.223 e. The van der Waals surface area contributed by atoms with Crippen molar-refractivity contribution >= 4 is 18.3 Å². The molecule has 1 aliphatic heterocycles. The molecule has 2 nitrogen and oxygen atoms in total. The molecule has 0 aromatic rings. The van der Waals surface area contributed by atoms with Gasteiger partial charge in [-0.1, -0.05) is 20.8 Å². The van der Waals surface area contributed by atoms with Gasteiger partial charge in [0, 0.05) is 12.0 Å². The van der Waals surface area contributed by atoms with Crippen molar-refractivity contribution in [3.63, 3.8) is 0 Å². The molecule has 2 rings (SSSR count). The molecule has 0 radical (unpaired) electrons. The Morgan fingerprint density at radius 2 is 2.00 bits per heavy atom. The summed E-state index contributed by atoms with van der Waals surface area (Å²) in [4.78, 5) is 11.4. The fourth-order valence-corrected chi connectivity index (χ4v) is 2.99. The highest BCUT2D eigenvalue weighted by Crippen LogP contribution is 2.49. The van der Waals surface area contributed by atoms with Gasteiger partial charge in [0.2, 0.25) is 5.91 Å². The molecule has 0 spiro atoms. The lowest BCUT2D eigenvalue weighted by Crippen LogP contribution is -2.53. The van der Waals surface area contributed by atoms with Crippen LogP contribution in [-0.4, -0.2) is 11.9 Å². The summed E-state index contributed by atoms with van der Waals surface area (Å²) < 4.78 is 0. The van der Waals surface area contributed by atoms with E-state index in [0.29, 0.717) is 17.4 Å². The molecule has 13 heavy (non-hydrogen) atoms. The molecular formula is C10H18ClNO. The molecule has 1 aliphatic carbocycles. The molecule has 3 atom stereocenters. The highest BCUT2D eigenvalue weighted by Gasteiger charge is 2.51. The summed E-state index contributed by atoms with van der Waals surface area (Å²) in [6.45, 7) is 6.62. The van der Waals surface area contributed by atoms with Gasteiger partial charge in [-0.05, 0) is 24.2 Å². The lowest BCUT2D eigenvalue weighted by Gasteiger charge is -2.41. The van der Waals surface area contributed by atoms with Crippen LogP contribution >= 0.6 is 12.4 Å². The first-order chi connectivity index (χ1) is 5.53. The Morgan fingerprint density at radius 1 is 1.38 bits per heavy atom. The van der Waals surface area contributed by atoms with Gasteiger partial charge in [0.15, 0.2) is 0 Å². The highest BCUT2D eigenvalue weighted by atomic mass is 35.5. The number of nitrogens with one attached hydrogen (secondary N) is 1. The monoisotopic (exact) mass is 203 g/mol. The van der Waals surface area contributed by atoms with Crippen LogP contribution in [0.15, 0.2) is 0 Å². The van der Waals surface area contributed by atoms with E-state index in [1.165, 1.54) is 12.8 Å². The van der Waals surface area contributed by atoms with Crippen molar-refractivity contribution in [2.45, 2.75) is 39.7 Å². The zero-order chi connectivity index (χ0) is 8.93. The molecule has 2 fully saturated rings. The molecule has 1 N–H and O–H groups in total. The zero-order valence-corrected chi connectivity index (χ0v) is 9.28. The van der Waals surface area contributed by atoms with Crippen LogP contribution in [0, 0.1) is 17.3 Å². The summed E-state index contributed by atoms with van der Waals surface area (Å²) in [7, 11) is 0. The minimum atomic E-state index is 0. The number of carbonyl (C=O) groups excluding carboxylic acids is 1. The van der Waals surface area contributed by atoms with Crippen LogP contribution in [0.5, 0.6) is 0 Å². The van der Waals surface area contributed by atoms with E-state index in [9.17, 15) is 4.79 Å². The lowest BCUT2D eigenvalue weighted by molar-refractivity contribution is -0.132. The SMILES string of the molecule is CC1C(=O)N[C@@H]2CC[C@H]1C2(C)C.Cl. The van der Waals surface area contributed by atoms with Gasteiger partial charge in [-0.3, -0.25) is 4.79 Å². The number of halogens is 1. The van der Waals surface area contributed by atoms with Crippen molar-refractivity contribution in [1.82, 2.24) is 5.32 Å². The number of hydrogen-bond donors (Lipinski definition) is 1. The van der Waals surface area contributed by atoms with E-state index in [1.807, 2.05) is 0 Å². The molecular weight excluding hydrogens is 186 g/mol. The second-order valence-electron chi connectivity index (χ2n) is 4.86. The van der Waals surface area contributed by atoms with Gasteiger partial charge in [0.1, 0.15) is 0 Å². The van der Waals surface area contributed by atoms with Gasteiger partial charge in [-0.2, -0.15) is 0 Å². The van der Waals surface area contributed by atoms with E-state index >= 15 is 0 Å². The standard InChI is InChI=1S/C10H17NO.ClH/c1-6-7-4-5-8(10(7,2)3)11-9(6)12;/h6-8H,4-5H2,1-3H3,(H,11,12);1H/t6?,7-,8-;/m1./s1. The fraction of sp³-hybridized carbons (Fsp3) is 0.900. The Bertz CT molecular complexity index is 227. The quantitative estimate of drug-likeness (QED) is 0.641. The first-order valence-electron chi connectivity index (χ1n) is 4.84. The van der Waals surface area contributed by atoms with Crippen molar-refractivity contribution < 1.29 is 4.79 Å². The number of rotatable bonds is 0. The Morgan fingerprint density at radius 3 is 2.62 bits per heavy atom. The van der Waals surface area contributed by atoms with E-state index in [1.54, 1.807) is 0 Å². The molecule has 1 unspecified atom stereocenters. The van der Waals surface area contributed by atoms with Crippen molar-refractivity contribution in [3.8, 4) is 0 Å². The number of hydrogen-bond acceptors (Lipinski definition) is 1. The summed E-state index contributed by atoms with van der Waals surface area (Å²) in [5.41, 5.74) is 0.327. The normalized spacial score (nSPS) is 40.8. The molecule has 3 heteroatoms. The Kier molecular flexibility index (Phi) is 2.63. The second-order valence-corrected chi connectivity index (χ2v) is 4.86. The van der Waals surface area contributed by atoms with Gasteiger partial charge < -0.3 is 5.32 Å². The molecule has 1 heterocycles. The van der Waals surface area contributed by atoms with Crippen LogP contribution in [0.2, 0.25) is 0 Å². The third kappa shape index (κ3) is 1.35. The highest BCUT2D eigenvalue weighted by molar-refractivity contribution is 5.85. The Balaban J connectivity index is 0.000000845. The van der Waals surface area contributed by atoms with Gasteiger partial charge in [-0.15, -0.1) is 12.4 Å². The molecule has 2 bridgehead atoms. The van der Waals surface area contributed by atoms with Crippen molar-refractivity contribution in [3.05, 3.63) is 0 Å². The maximum atomic E-state index is 11.4. The Labute approximate surface area is 85.9 Å². The van der Waals surface area contributed by atoms with Crippen molar-refractivity contribution in [2.75, 3.05) is 0 Å². The van der Waals surface area contributed by atoms with Crippen LogP contribution < -0.4 is 5.32 Å². The predicted octanol–water partition coefficient (Wildman–Crippen LogP) is 1.98. The van der Waals surface area contributed by atoms with E-state index in [2.05, 4.69) is 26.1 Å². The maximum absolute atomic E-state index is 11.4. The molecule has 1 amide bonds. The largest absolute Gasteiger partial charge is 0.353 e. The molecule has 76 valence electrons. The second kappa shape index (κ2) is 3.16. The first kappa shape index (κ1) is 10.8. The fourth-order valence-electron chi connectivity index (χ4n) is 2.99. The molecule has 0 aromatic heterocycles. The topological polar surface area (TPSA) is 29.1 Å². The summed E-state index contributed by atoms with van der Waals surface area (Å²) in [5, 5.41) is 3.11.